The van der Waals surface area contributed by atoms with Gasteiger partial charge in [0.1, 0.15) is 48.8 Å². The first-order valence-corrected chi connectivity index (χ1v) is 41.0. The molecule has 12 atom stereocenters. The molecular weight excluding hydrogens is 1220 g/mol. The molecule has 2 aliphatic heterocycles. The number of allylic oxidation sites excluding steroid dienone is 10. The van der Waals surface area contributed by atoms with Crippen LogP contribution < -0.4 is 5.32 Å². The molecule has 2 fully saturated rings. The van der Waals surface area contributed by atoms with Crippen LogP contribution in [0.5, 0.6) is 0 Å². The molecule has 9 N–H and O–H groups in total. The zero-order valence-corrected chi connectivity index (χ0v) is 62.3. The van der Waals surface area contributed by atoms with E-state index in [0.717, 1.165) is 83.5 Å². The molecule has 0 aromatic rings. The summed E-state index contributed by atoms with van der Waals surface area (Å²) >= 11 is 0. The van der Waals surface area contributed by atoms with Crippen molar-refractivity contribution >= 4 is 5.91 Å². The lowest BCUT2D eigenvalue weighted by Gasteiger charge is -2.46. The standard InChI is InChI=1S/C83H153NO13/c1-3-5-7-9-11-13-15-17-19-21-23-25-27-29-31-33-35-36-37-39-41-43-45-47-49-51-53-55-57-59-61-63-65-67-75(88)84-71(70-94-82-80(93)78(91)81(74(69-86)96-82)97-83-79(92)77(90)76(89)73(68-85)95-83)72(87)66-64-62-60-58-56-54-52-50-48-46-44-42-40-38-34-32-30-28-26-24-22-20-18-16-14-12-10-8-6-4-2/h5,7,11,13,17,19,23,25,29,31,71-74,76-83,85-87,89-93H,3-4,6,8-10,12,14-16,18,20-22,24,26-28,30,32-70H2,1-2H3,(H,84,88)/b7-5-,13-11-,19-17-,25-23-,31-29-. The Labute approximate surface area is 594 Å². The molecule has 0 aliphatic carbocycles. The van der Waals surface area contributed by atoms with Crippen LogP contribution in [0.25, 0.3) is 0 Å². The zero-order chi connectivity index (χ0) is 70.1. The summed E-state index contributed by atoms with van der Waals surface area (Å²) in [4.78, 5) is 13.4. The van der Waals surface area contributed by atoms with Crippen molar-refractivity contribution in [1.82, 2.24) is 5.32 Å². The highest BCUT2D eigenvalue weighted by Crippen LogP contribution is 2.30. The van der Waals surface area contributed by atoms with Crippen molar-refractivity contribution in [2.45, 2.75) is 441 Å². The molecule has 1 amide bonds. The number of rotatable bonds is 69. The normalized spacial score (nSPS) is 22.4. The predicted octanol–water partition coefficient (Wildman–Crippen LogP) is 18.7. The van der Waals surface area contributed by atoms with E-state index in [-0.39, 0.29) is 12.5 Å². The minimum atomic E-state index is -1.78. The van der Waals surface area contributed by atoms with Gasteiger partial charge in [0.05, 0.1) is 32.0 Å². The Morgan fingerprint density at radius 2 is 0.711 bits per heavy atom. The van der Waals surface area contributed by atoms with E-state index < -0.39 is 86.8 Å². The molecule has 0 radical (unpaired) electrons. The van der Waals surface area contributed by atoms with Gasteiger partial charge in [-0.15, -0.1) is 0 Å². The van der Waals surface area contributed by atoms with Crippen LogP contribution in [0.4, 0.5) is 0 Å². The fourth-order valence-corrected chi connectivity index (χ4v) is 13.6. The second kappa shape index (κ2) is 66.9. The predicted molar refractivity (Wildman–Crippen MR) is 401 cm³/mol. The average molecular weight is 1370 g/mol. The Morgan fingerprint density at radius 1 is 0.381 bits per heavy atom. The van der Waals surface area contributed by atoms with Crippen molar-refractivity contribution in [2.75, 3.05) is 19.8 Å². The molecule has 2 saturated heterocycles. The molecule has 97 heavy (non-hydrogen) atoms. The van der Waals surface area contributed by atoms with E-state index in [9.17, 15) is 45.6 Å². The van der Waals surface area contributed by atoms with Gasteiger partial charge in [0.2, 0.25) is 5.91 Å². The molecule has 14 nitrogen and oxygen atoms in total. The largest absolute Gasteiger partial charge is 0.394 e. The summed E-state index contributed by atoms with van der Waals surface area (Å²) in [5.41, 5.74) is 0. The van der Waals surface area contributed by atoms with Gasteiger partial charge >= 0.3 is 0 Å². The summed E-state index contributed by atoms with van der Waals surface area (Å²) in [6.45, 7) is 2.81. The lowest BCUT2D eigenvalue weighted by molar-refractivity contribution is -0.359. The maximum absolute atomic E-state index is 13.4. The molecule has 14 heteroatoms. The van der Waals surface area contributed by atoms with Crippen molar-refractivity contribution < 1.29 is 64.6 Å². The summed E-state index contributed by atoms with van der Waals surface area (Å²) in [7, 11) is 0. The Hall–Kier alpha value is -2.31. The minimum Gasteiger partial charge on any atom is -0.394 e. The van der Waals surface area contributed by atoms with Crippen molar-refractivity contribution in [2.24, 2.45) is 0 Å². The summed E-state index contributed by atoms with van der Waals surface area (Å²) in [6.07, 6.45) is 74.0. The molecule has 2 rings (SSSR count). The number of carbonyl (C=O) groups is 1. The molecule has 12 unspecified atom stereocenters. The smallest absolute Gasteiger partial charge is 0.220 e. The van der Waals surface area contributed by atoms with E-state index in [1.807, 2.05) is 0 Å². The van der Waals surface area contributed by atoms with Gasteiger partial charge in [0.25, 0.3) is 0 Å². The molecular formula is C83H153NO13. The van der Waals surface area contributed by atoms with Gasteiger partial charge in [-0.1, -0.05) is 364 Å². The Balaban J connectivity index is 1.60. The van der Waals surface area contributed by atoms with Gasteiger partial charge in [0.15, 0.2) is 12.6 Å². The Morgan fingerprint density at radius 3 is 1.09 bits per heavy atom. The molecule has 568 valence electrons. The number of hydrogen-bond acceptors (Lipinski definition) is 13. The van der Waals surface area contributed by atoms with Crippen LogP contribution >= 0.6 is 0 Å². The number of aliphatic hydroxyl groups excluding tert-OH is 8. The van der Waals surface area contributed by atoms with Gasteiger partial charge in [0, 0.05) is 6.42 Å². The van der Waals surface area contributed by atoms with Gasteiger partial charge < -0.3 is 65.1 Å². The van der Waals surface area contributed by atoms with Crippen LogP contribution in [0.2, 0.25) is 0 Å². The van der Waals surface area contributed by atoms with Crippen molar-refractivity contribution in [3.8, 4) is 0 Å². The summed E-state index contributed by atoms with van der Waals surface area (Å²) < 4.78 is 23.0. The second-order valence-electron chi connectivity index (χ2n) is 28.9. The van der Waals surface area contributed by atoms with Gasteiger partial charge in [-0.25, -0.2) is 0 Å². The van der Waals surface area contributed by atoms with Gasteiger partial charge in [-0.2, -0.15) is 0 Å². The van der Waals surface area contributed by atoms with Crippen LogP contribution in [0, 0.1) is 0 Å². The maximum atomic E-state index is 13.4. The van der Waals surface area contributed by atoms with Crippen molar-refractivity contribution in [1.29, 1.82) is 0 Å². The third kappa shape index (κ3) is 49.9. The summed E-state index contributed by atoms with van der Waals surface area (Å²) in [5.74, 6) is -0.201. The first kappa shape index (κ1) is 90.8. The molecule has 2 heterocycles. The number of amides is 1. The number of carbonyl (C=O) groups excluding carboxylic acids is 1. The highest BCUT2D eigenvalue weighted by molar-refractivity contribution is 5.76. The van der Waals surface area contributed by atoms with Gasteiger partial charge in [-0.05, 0) is 57.8 Å². The quantitative estimate of drug-likeness (QED) is 0.0204. The van der Waals surface area contributed by atoms with Crippen LogP contribution in [0.15, 0.2) is 60.8 Å². The number of aliphatic hydroxyl groups is 8. The van der Waals surface area contributed by atoms with E-state index in [4.69, 9.17) is 18.9 Å². The third-order valence-corrected chi connectivity index (χ3v) is 20.0. The van der Waals surface area contributed by atoms with Gasteiger partial charge in [-0.3, -0.25) is 4.79 Å². The number of hydrogen-bond donors (Lipinski definition) is 9. The fourth-order valence-electron chi connectivity index (χ4n) is 13.6. The van der Waals surface area contributed by atoms with Crippen LogP contribution in [0.3, 0.4) is 0 Å². The molecule has 0 bridgehead atoms. The minimum absolute atomic E-state index is 0.201. The molecule has 2 aliphatic rings. The second-order valence-corrected chi connectivity index (χ2v) is 28.9. The van der Waals surface area contributed by atoms with E-state index >= 15 is 0 Å². The number of unbranched alkanes of at least 4 members (excludes halogenated alkanes) is 46. The highest BCUT2D eigenvalue weighted by Gasteiger charge is 2.51. The maximum Gasteiger partial charge on any atom is 0.220 e. The Kier molecular flexibility index (Phi) is 62.6. The highest BCUT2D eigenvalue weighted by atomic mass is 16.7. The van der Waals surface area contributed by atoms with Crippen LogP contribution in [-0.4, -0.2) is 140 Å². The van der Waals surface area contributed by atoms with E-state index in [1.54, 1.807) is 0 Å². The lowest BCUT2D eigenvalue weighted by Crippen LogP contribution is -2.65. The average Bonchev–Trinajstić information content (AvgIpc) is 0.794. The molecule has 0 spiro atoms. The van der Waals surface area contributed by atoms with E-state index in [1.165, 1.54) is 257 Å². The summed E-state index contributed by atoms with van der Waals surface area (Å²) in [6, 6.07) is -0.832. The van der Waals surface area contributed by atoms with Crippen molar-refractivity contribution in [3.05, 3.63) is 60.8 Å². The zero-order valence-electron chi connectivity index (χ0n) is 62.3. The summed E-state index contributed by atoms with van der Waals surface area (Å²) in [5, 5.41) is 87.9. The number of nitrogens with one attached hydrogen (secondary N) is 1. The molecule has 0 aromatic carbocycles. The lowest BCUT2D eigenvalue weighted by atomic mass is 9.97. The Bertz CT molecular complexity index is 1860. The first-order valence-electron chi connectivity index (χ1n) is 41.0. The van der Waals surface area contributed by atoms with Crippen LogP contribution in [-0.2, 0) is 23.7 Å². The van der Waals surface area contributed by atoms with Crippen LogP contribution in [0.1, 0.15) is 367 Å². The van der Waals surface area contributed by atoms with E-state index in [2.05, 4.69) is 79.9 Å². The van der Waals surface area contributed by atoms with E-state index in [0.29, 0.717) is 12.8 Å². The monoisotopic (exact) mass is 1370 g/mol. The fraction of sp³-hybridized carbons (Fsp3) is 0.867. The number of ether oxygens (including phenoxy) is 4. The SMILES string of the molecule is CC/C=C\C/C=C\C/C=C\C/C=C\C/C=C\CCCCCCCCCCCCCCCCCCCC(=O)NC(COC1OC(CO)C(OC2OC(CO)C(O)C(O)C2O)C(O)C1O)C(O)CCCCCCCCCCCCCCCCCCCCCCCCCCCCCCCC. The third-order valence-electron chi connectivity index (χ3n) is 20.0. The molecule has 0 aromatic heterocycles. The topological polar surface area (TPSA) is 228 Å². The molecule has 0 saturated carbocycles. The van der Waals surface area contributed by atoms with Crippen molar-refractivity contribution in [3.63, 3.8) is 0 Å². The first-order chi connectivity index (χ1) is 47.6.